The molecule has 188 valence electrons. The van der Waals surface area contributed by atoms with Gasteiger partial charge in [-0.2, -0.15) is 0 Å². The molecule has 1 aromatic heterocycles. The highest BCUT2D eigenvalue weighted by molar-refractivity contribution is 6.05. The average Bonchev–Trinajstić information content (AvgIpc) is 3.51. The fourth-order valence-electron chi connectivity index (χ4n) is 6.90. The first-order chi connectivity index (χ1) is 19.8. The van der Waals surface area contributed by atoms with Crippen molar-refractivity contribution in [3.8, 4) is 22.6 Å². The van der Waals surface area contributed by atoms with Crippen molar-refractivity contribution in [2.75, 3.05) is 5.32 Å². The quantitative estimate of drug-likeness (QED) is 0.250. The summed E-state index contributed by atoms with van der Waals surface area (Å²) in [6, 6.07) is 47.0. The first-order valence-corrected chi connectivity index (χ1v) is 13.6. The highest BCUT2D eigenvalue weighted by Gasteiger charge is 2.50. The molecule has 0 amide bonds. The normalized spacial score (nSPS) is 13.9. The van der Waals surface area contributed by atoms with Crippen LogP contribution in [-0.4, -0.2) is 0 Å². The van der Waals surface area contributed by atoms with Gasteiger partial charge in [-0.05, 0) is 64.7 Å². The molecule has 1 aliphatic carbocycles. The molecule has 6 aromatic carbocycles. The Morgan fingerprint density at radius 3 is 1.88 bits per heavy atom. The molecule has 0 saturated carbocycles. The summed E-state index contributed by atoms with van der Waals surface area (Å²) in [4.78, 5) is 0. The molecule has 40 heavy (non-hydrogen) atoms. The molecule has 1 aliphatic heterocycles. The third-order valence-electron chi connectivity index (χ3n) is 8.51. The highest BCUT2D eigenvalue weighted by Crippen LogP contribution is 2.62. The molecule has 0 unspecified atom stereocenters. The summed E-state index contributed by atoms with van der Waals surface area (Å²) >= 11 is 0. The van der Waals surface area contributed by atoms with Crippen LogP contribution in [0.2, 0.25) is 0 Å². The Balaban J connectivity index is 1.25. The Morgan fingerprint density at radius 2 is 1.05 bits per heavy atom. The van der Waals surface area contributed by atoms with Gasteiger partial charge in [-0.15, -0.1) is 0 Å². The topological polar surface area (TPSA) is 34.4 Å². The molecule has 0 radical (unpaired) electrons. The summed E-state index contributed by atoms with van der Waals surface area (Å²) in [5, 5.41) is 5.94. The van der Waals surface area contributed by atoms with Gasteiger partial charge in [0.25, 0.3) is 0 Å². The number of rotatable bonds is 2. The average molecular weight is 514 g/mol. The van der Waals surface area contributed by atoms with Crippen molar-refractivity contribution >= 4 is 33.3 Å². The van der Waals surface area contributed by atoms with E-state index < -0.39 is 5.41 Å². The lowest BCUT2D eigenvalue weighted by molar-refractivity contribution is 0.436. The zero-order chi connectivity index (χ0) is 26.3. The van der Waals surface area contributed by atoms with Crippen LogP contribution in [0.25, 0.3) is 33.1 Å². The molecule has 1 N–H and O–H groups in total. The lowest BCUT2D eigenvalue weighted by Gasteiger charge is -2.39. The fraction of sp³-hybridized carbons (Fsp3) is 0.0270. The van der Waals surface area contributed by atoms with E-state index in [-0.39, 0.29) is 0 Å². The zero-order valence-corrected chi connectivity index (χ0v) is 21.5. The van der Waals surface area contributed by atoms with Crippen molar-refractivity contribution in [1.29, 1.82) is 0 Å². The number of para-hydroxylation sites is 3. The summed E-state index contributed by atoms with van der Waals surface area (Å²) in [7, 11) is 0. The van der Waals surface area contributed by atoms with Crippen molar-refractivity contribution in [2.45, 2.75) is 5.41 Å². The smallest absolute Gasteiger partial charge is 0.137 e. The second-order valence-corrected chi connectivity index (χ2v) is 10.6. The van der Waals surface area contributed by atoms with Gasteiger partial charge < -0.3 is 14.5 Å². The van der Waals surface area contributed by atoms with Crippen LogP contribution in [0.15, 0.2) is 138 Å². The summed E-state index contributed by atoms with van der Waals surface area (Å²) in [5.74, 6) is 1.80. The van der Waals surface area contributed by atoms with E-state index in [9.17, 15) is 0 Å². The van der Waals surface area contributed by atoms with E-state index in [2.05, 4.69) is 127 Å². The fourth-order valence-corrected chi connectivity index (χ4v) is 6.90. The van der Waals surface area contributed by atoms with Gasteiger partial charge in [0.05, 0.1) is 5.41 Å². The van der Waals surface area contributed by atoms with E-state index in [0.717, 1.165) is 44.8 Å². The maximum atomic E-state index is 6.46. The first kappa shape index (κ1) is 21.6. The van der Waals surface area contributed by atoms with Crippen LogP contribution in [0.1, 0.15) is 22.3 Å². The number of ether oxygens (including phenoxy) is 1. The largest absolute Gasteiger partial charge is 0.457 e. The van der Waals surface area contributed by atoms with E-state index in [1.165, 1.54) is 33.4 Å². The van der Waals surface area contributed by atoms with E-state index in [1.54, 1.807) is 0 Å². The van der Waals surface area contributed by atoms with Gasteiger partial charge in [0.1, 0.15) is 22.7 Å². The van der Waals surface area contributed by atoms with Crippen LogP contribution in [0.4, 0.5) is 11.4 Å². The Hall–Kier alpha value is -5.28. The Bertz CT molecular complexity index is 2090. The predicted molar refractivity (Wildman–Crippen MR) is 161 cm³/mol. The van der Waals surface area contributed by atoms with Crippen LogP contribution in [0, 0.1) is 0 Å². The van der Waals surface area contributed by atoms with Crippen LogP contribution in [0.5, 0.6) is 11.5 Å². The summed E-state index contributed by atoms with van der Waals surface area (Å²) in [5.41, 5.74) is 10.7. The van der Waals surface area contributed by atoms with Crippen LogP contribution in [0.3, 0.4) is 0 Å². The van der Waals surface area contributed by atoms with E-state index in [0.29, 0.717) is 0 Å². The Labute approximate surface area is 231 Å². The van der Waals surface area contributed by atoms with Gasteiger partial charge >= 0.3 is 0 Å². The van der Waals surface area contributed by atoms with Gasteiger partial charge in [-0.3, -0.25) is 0 Å². The van der Waals surface area contributed by atoms with Crippen LogP contribution in [-0.2, 0) is 5.41 Å². The number of anilines is 2. The van der Waals surface area contributed by atoms with E-state index >= 15 is 0 Å². The second kappa shape index (κ2) is 7.87. The molecule has 1 spiro atoms. The van der Waals surface area contributed by atoms with Gasteiger partial charge in [-0.25, -0.2) is 0 Å². The standard InChI is InChI=1S/C37H23NO2/c1-3-11-29-25(9-1)26-19-17-23(38-24-18-20-28-27-10-2-6-14-33(27)39-36(28)22-24)21-32(26)37(29)30-12-4-7-15-34(30)40-35-16-8-5-13-31(35)37/h1-22,38H. The first-order valence-electron chi connectivity index (χ1n) is 13.6. The highest BCUT2D eigenvalue weighted by atomic mass is 16.5. The SMILES string of the molecule is c1ccc2c(c1)Oc1ccccc1C21c2ccccc2-c2ccc(Nc3ccc4c(c3)oc3ccccc34)cc21. The minimum Gasteiger partial charge on any atom is -0.457 e. The van der Waals surface area contributed by atoms with Crippen LogP contribution < -0.4 is 10.1 Å². The molecule has 0 bridgehead atoms. The van der Waals surface area contributed by atoms with Gasteiger partial charge in [0.15, 0.2) is 0 Å². The molecule has 2 heterocycles. The number of hydrogen-bond acceptors (Lipinski definition) is 3. The third kappa shape index (κ3) is 2.79. The van der Waals surface area contributed by atoms with E-state index in [1.807, 2.05) is 12.1 Å². The molecule has 0 saturated heterocycles. The van der Waals surface area contributed by atoms with Gasteiger partial charge in [0, 0.05) is 39.3 Å². The second-order valence-electron chi connectivity index (χ2n) is 10.6. The Kier molecular flexibility index (Phi) is 4.26. The Morgan fingerprint density at radius 1 is 0.450 bits per heavy atom. The summed E-state index contributed by atoms with van der Waals surface area (Å²) in [6.07, 6.45) is 0. The molecule has 7 aromatic rings. The third-order valence-corrected chi connectivity index (χ3v) is 8.51. The lowest BCUT2D eigenvalue weighted by Crippen LogP contribution is -2.32. The van der Waals surface area contributed by atoms with Crippen molar-refractivity contribution in [1.82, 2.24) is 0 Å². The molecule has 2 aliphatic rings. The molecule has 0 atom stereocenters. The summed E-state index contributed by atoms with van der Waals surface area (Å²) < 4.78 is 12.6. The van der Waals surface area contributed by atoms with Crippen LogP contribution >= 0.6 is 0 Å². The maximum Gasteiger partial charge on any atom is 0.137 e. The van der Waals surface area contributed by atoms with Crippen molar-refractivity contribution in [2.24, 2.45) is 0 Å². The number of furan rings is 1. The number of nitrogens with one attached hydrogen (secondary N) is 1. The number of benzene rings is 6. The maximum absolute atomic E-state index is 6.46. The minimum absolute atomic E-state index is 0.474. The van der Waals surface area contributed by atoms with Crippen molar-refractivity contribution < 1.29 is 9.15 Å². The summed E-state index contributed by atoms with van der Waals surface area (Å²) in [6.45, 7) is 0. The van der Waals surface area contributed by atoms with Gasteiger partial charge in [0.2, 0.25) is 0 Å². The number of fused-ring (bicyclic) bond motifs is 12. The van der Waals surface area contributed by atoms with Crippen molar-refractivity contribution in [3.63, 3.8) is 0 Å². The molecular weight excluding hydrogens is 490 g/mol. The minimum atomic E-state index is -0.474. The zero-order valence-electron chi connectivity index (χ0n) is 21.5. The number of hydrogen-bond donors (Lipinski definition) is 1. The molecule has 3 heteroatoms. The monoisotopic (exact) mass is 513 g/mol. The van der Waals surface area contributed by atoms with Crippen molar-refractivity contribution in [3.05, 3.63) is 156 Å². The van der Waals surface area contributed by atoms with E-state index in [4.69, 9.17) is 9.15 Å². The predicted octanol–water partition coefficient (Wildman–Crippen LogP) is 9.80. The van der Waals surface area contributed by atoms with Gasteiger partial charge in [-0.1, -0.05) is 84.9 Å². The molecular formula is C37H23NO2. The molecule has 9 rings (SSSR count). The molecule has 0 fully saturated rings. The lowest BCUT2D eigenvalue weighted by atomic mass is 9.66. The molecule has 3 nitrogen and oxygen atoms in total.